The predicted molar refractivity (Wildman–Crippen MR) is 72.8 cm³/mol. The number of halogens is 1. The lowest BCUT2D eigenvalue weighted by atomic mass is 10.1. The van der Waals surface area contributed by atoms with E-state index in [1.165, 1.54) is 6.07 Å². The molecule has 1 heterocycles. The number of rotatable bonds is 3. The number of piperazine rings is 1. The number of benzene rings is 1. The van der Waals surface area contributed by atoms with Gasteiger partial charge in [-0.3, -0.25) is 9.80 Å². The Balaban J connectivity index is 1.98. The molecule has 0 spiro atoms. The summed E-state index contributed by atoms with van der Waals surface area (Å²) in [6.07, 6.45) is 0. The quantitative estimate of drug-likeness (QED) is 0.833. The molecule has 2 N–H and O–H groups in total. The maximum atomic E-state index is 13.7. The zero-order valence-electron chi connectivity index (χ0n) is 11.2. The topological polar surface area (TPSA) is 32.5 Å². The molecule has 1 unspecified atom stereocenters. The molecule has 1 aliphatic heterocycles. The van der Waals surface area contributed by atoms with Crippen molar-refractivity contribution in [2.45, 2.75) is 26.4 Å². The van der Waals surface area contributed by atoms with Gasteiger partial charge in [-0.2, -0.15) is 0 Å². The molecule has 0 aliphatic carbocycles. The number of nitrogens with zero attached hydrogens (tertiary/aromatic N) is 2. The third kappa shape index (κ3) is 3.00. The Morgan fingerprint density at radius 2 is 2.17 bits per heavy atom. The molecule has 0 bridgehead atoms. The van der Waals surface area contributed by atoms with Crippen molar-refractivity contribution in [1.29, 1.82) is 0 Å². The molecule has 18 heavy (non-hydrogen) atoms. The molecule has 4 heteroatoms. The Kier molecular flexibility index (Phi) is 4.19. The Labute approximate surface area is 108 Å². The fourth-order valence-electron chi connectivity index (χ4n) is 2.62. The van der Waals surface area contributed by atoms with Crippen LogP contribution in [0.5, 0.6) is 0 Å². The zero-order chi connectivity index (χ0) is 13.1. The maximum absolute atomic E-state index is 13.7. The van der Waals surface area contributed by atoms with Crippen LogP contribution in [-0.2, 0) is 6.54 Å². The second kappa shape index (κ2) is 5.67. The van der Waals surface area contributed by atoms with E-state index in [-0.39, 0.29) is 5.82 Å². The highest BCUT2D eigenvalue weighted by molar-refractivity contribution is 5.40. The molecule has 0 radical (unpaired) electrons. The van der Waals surface area contributed by atoms with E-state index in [1.807, 2.05) is 0 Å². The molecule has 3 nitrogen and oxygen atoms in total. The van der Waals surface area contributed by atoms with Crippen LogP contribution in [0.1, 0.15) is 19.4 Å². The molecular weight excluding hydrogens is 229 g/mol. The van der Waals surface area contributed by atoms with Gasteiger partial charge in [0.1, 0.15) is 5.82 Å². The van der Waals surface area contributed by atoms with Gasteiger partial charge in [-0.05, 0) is 25.6 Å². The van der Waals surface area contributed by atoms with E-state index in [9.17, 15) is 4.39 Å². The van der Waals surface area contributed by atoms with Crippen molar-refractivity contribution < 1.29 is 4.39 Å². The SMILES string of the molecule is CCN1CCN(Cc2ccc(N)cc2F)CC1C. The lowest BCUT2D eigenvalue weighted by Gasteiger charge is -2.39. The number of nitrogens with two attached hydrogens (primary N) is 1. The first-order valence-corrected chi connectivity index (χ1v) is 6.60. The number of anilines is 1. The van der Waals surface area contributed by atoms with Gasteiger partial charge >= 0.3 is 0 Å². The van der Waals surface area contributed by atoms with Crippen LogP contribution in [0.2, 0.25) is 0 Å². The van der Waals surface area contributed by atoms with Crippen LogP contribution in [0.25, 0.3) is 0 Å². The molecule has 1 atom stereocenters. The smallest absolute Gasteiger partial charge is 0.129 e. The first-order chi connectivity index (χ1) is 8.60. The summed E-state index contributed by atoms with van der Waals surface area (Å²) in [7, 11) is 0. The average Bonchev–Trinajstić information content (AvgIpc) is 2.33. The molecule has 100 valence electrons. The lowest BCUT2D eigenvalue weighted by molar-refractivity contribution is 0.0827. The maximum Gasteiger partial charge on any atom is 0.129 e. The minimum Gasteiger partial charge on any atom is -0.399 e. The van der Waals surface area contributed by atoms with E-state index in [0.29, 0.717) is 18.3 Å². The largest absolute Gasteiger partial charge is 0.399 e. The minimum absolute atomic E-state index is 0.194. The van der Waals surface area contributed by atoms with Crippen molar-refractivity contribution in [1.82, 2.24) is 9.80 Å². The summed E-state index contributed by atoms with van der Waals surface area (Å²) < 4.78 is 13.7. The van der Waals surface area contributed by atoms with E-state index in [2.05, 4.69) is 23.6 Å². The normalized spacial score (nSPS) is 22.3. The number of nitrogen functional groups attached to an aromatic ring is 1. The van der Waals surface area contributed by atoms with Crippen molar-refractivity contribution in [2.24, 2.45) is 0 Å². The van der Waals surface area contributed by atoms with Crippen LogP contribution in [-0.4, -0.2) is 42.0 Å². The standard InChI is InChI=1S/C14H22FN3/c1-3-18-7-6-17(9-11(18)2)10-12-4-5-13(16)8-14(12)15/h4-5,8,11H,3,6-7,9-10,16H2,1-2H3. The molecule has 1 aliphatic rings. The number of hydrogen-bond donors (Lipinski definition) is 1. The van der Waals surface area contributed by atoms with Crippen molar-refractivity contribution in [3.63, 3.8) is 0 Å². The van der Waals surface area contributed by atoms with Crippen LogP contribution in [0, 0.1) is 5.82 Å². The van der Waals surface area contributed by atoms with Gasteiger partial charge < -0.3 is 5.73 Å². The Hall–Kier alpha value is -1.13. The summed E-state index contributed by atoms with van der Waals surface area (Å²) in [5.74, 6) is -0.194. The van der Waals surface area contributed by atoms with Crippen LogP contribution in [0.4, 0.5) is 10.1 Å². The van der Waals surface area contributed by atoms with Gasteiger partial charge in [-0.1, -0.05) is 13.0 Å². The minimum atomic E-state index is -0.194. The van der Waals surface area contributed by atoms with Gasteiger partial charge in [-0.25, -0.2) is 4.39 Å². The molecule has 1 saturated heterocycles. The number of hydrogen-bond acceptors (Lipinski definition) is 3. The van der Waals surface area contributed by atoms with Gasteiger partial charge in [0.05, 0.1) is 0 Å². The van der Waals surface area contributed by atoms with E-state index < -0.39 is 0 Å². The highest BCUT2D eigenvalue weighted by Gasteiger charge is 2.22. The Bertz CT molecular complexity index is 408. The van der Waals surface area contributed by atoms with E-state index in [1.54, 1.807) is 12.1 Å². The van der Waals surface area contributed by atoms with Crippen LogP contribution < -0.4 is 5.73 Å². The first kappa shape index (κ1) is 13.3. The monoisotopic (exact) mass is 251 g/mol. The van der Waals surface area contributed by atoms with Crippen molar-refractivity contribution >= 4 is 5.69 Å². The summed E-state index contributed by atoms with van der Waals surface area (Å²) >= 11 is 0. The Morgan fingerprint density at radius 3 is 2.78 bits per heavy atom. The van der Waals surface area contributed by atoms with Gasteiger partial charge in [0.25, 0.3) is 0 Å². The van der Waals surface area contributed by atoms with E-state index in [4.69, 9.17) is 5.73 Å². The molecular formula is C14H22FN3. The summed E-state index contributed by atoms with van der Waals surface area (Å²) in [4.78, 5) is 4.77. The summed E-state index contributed by atoms with van der Waals surface area (Å²) in [5.41, 5.74) is 6.78. The molecule has 1 aromatic carbocycles. The third-order valence-corrected chi connectivity index (χ3v) is 3.73. The predicted octanol–water partition coefficient (Wildman–Crippen LogP) is 1.93. The fourth-order valence-corrected chi connectivity index (χ4v) is 2.62. The lowest BCUT2D eigenvalue weighted by Crippen LogP contribution is -2.51. The third-order valence-electron chi connectivity index (χ3n) is 3.73. The van der Waals surface area contributed by atoms with Crippen LogP contribution >= 0.6 is 0 Å². The molecule has 1 fully saturated rings. The molecule has 1 aromatic rings. The Morgan fingerprint density at radius 1 is 1.39 bits per heavy atom. The highest BCUT2D eigenvalue weighted by Crippen LogP contribution is 2.16. The van der Waals surface area contributed by atoms with E-state index in [0.717, 1.165) is 31.7 Å². The summed E-state index contributed by atoms with van der Waals surface area (Å²) in [6, 6.07) is 5.51. The molecule has 0 saturated carbocycles. The van der Waals surface area contributed by atoms with E-state index >= 15 is 0 Å². The highest BCUT2D eigenvalue weighted by atomic mass is 19.1. The molecule has 2 rings (SSSR count). The van der Waals surface area contributed by atoms with Crippen LogP contribution in [0.15, 0.2) is 18.2 Å². The van der Waals surface area contributed by atoms with Crippen molar-refractivity contribution in [3.05, 3.63) is 29.6 Å². The van der Waals surface area contributed by atoms with Gasteiger partial charge in [0.15, 0.2) is 0 Å². The average molecular weight is 251 g/mol. The van der Waals surface area contributed by atoms with Crippen molar-refractivity contribution in [2.75, 3.05) is 31.9 Å². The molecule has 0 aromatic heterocycles. The second-order valence-corrected chi connectivity index (χ2v) is 5.06. The van der Waals surface area contributed by atoms with Gasteiger partial charge in [-0.15, -0.1) is 0 Å². The fraction of sp³-hybridized carbons (Fsp3) is 0.571. The first-order valence-electron chi connectivity index (χ1n) is 6.60. The van der Waals surface area contributed by atoms with Crippen LogP contribution in [0.3, 0.4) is 0 Å². The van der Waals surface area contributed by atoms with Gasteiger partial charge in [0.2, 0.25) is 0 Å². The molecule has 0 amide bonds. The summed E-state index contributed by atoms with van der Waals surface area (Å²) in [5, 5.41) is 0. The number of likely N-dealkylation sites (N-methyl/N-ethyl adjacent to an activating group) is 1. The second-order valence-electron chi connectivity index (χ2n) is 5.06. The zero-order valence-corrected chi connectivity index (χ0v) is 11.2. The summed E-state index contributed by atoms with van der Waals surface area (Å²) in [6.45, 7) is 9.24. The van der Waals surface area contributed by atoms with Gasteiger partial charge in [0, 0.05) is 43.5 Å². The van der Waals surface area contributed by atoms with Crippen molar-refractivity contribution in [3.8, 4) is 0 Å².